The molecule has 3 rings (SSSR count). The van der Waals surface area contributed by atoms with Gasteiger partial charge in [-0.25, -0.2) is 4.98 Å². The molecule has 0 spiro atoms. The third-order valence-corrected chi connectivity index (χ3v) is 4.74. The monoisotopic (exact) mass is 376 g/mol. The Bertz CT molecular complexity index is 984. The molecule has 0 unspecified atom stereocenters. The smallest absolute Gasteiger partial charge is 0.280 e. The molecule has 8 heteroatoms. The summed E-state index contributed by atoms with van der Waals surface area (Å²) in [4.78, 5) is 15.3. The fourth-order valence-corrected chi connectivity index (χ4v) is 3.34. The Labute approximate surface area is 152 Å². The van der Waals surface area contributed by atoms with Crippen LogP contribution in [0.5, 0.6) is 11.5 Å². The number of nitrogens with zero attached hydrogens (tertiary/aromatic N) is 2. The maximum atomic E-state index is 11.3. The minimum atomic E-state index is -0.459. The number of benzene rings is 2. The number of nitro groups is 1. The van der Waals surface area contributed by atoms with Gasteiger partial charge < -0.3 is 9.47 Å². The lowest BCUT2D eigenvalue weighted by Crippen LogP contribution is -1.96. The van der Waals surface area contributed by atoms with Gasteiger partial charge in [0.1, 0.15) is 5.01 Å². The van der Waals surface area contributed by atoms with E-state index in [0.29, 0.717) is 22.1 Å². The first-order valence-corrected chi connectivity index (χ1v) is 8.36. The van der Waals surface area contributed by atoms with E-state index in [4.69, 9.17) is 21.1 Å². The number of thiazole rings is 1. The summed E-state index contributed by atoms with van der Waals surface area (Å²) in [6.07, 6.45) is 3.37. The third kappa shape index (κ3) is 3.57. The van der Waals surface area contributed by atoms with Crippen LogP contribution < -0.4 is 9.47 Å². The first kappa shape index (κ1) is 17.2. The van der Waals surface area contributed by atoms with Crippen molar-refractivity contribution >= 4 is 51.0 Å². The number of methoxy groups -OCH3 is 2. The average molecular weight is 377 g/mol. The standard InChI is InChI=1S/C17H13ClN2O4S/c1-23-14-7-10(13(20(21)22)9-15(14)24-2)3-6-17-19-12-8-11(18)4-5-16(12)25-17/h3-9H,1-2H3/b6-3+. The number of hydrogen-bond donors (Lipinski definition) is 0. The van der Waals surface area contributed by atoms with Gasteiger partial charge in [-0.3, -0.25) is 10.1 Å². The molecule has 1 aromatic heterocycles. The highest BCUT2D eigenvalue weighted by molar-refractivity contribution is 7.19. The van der Waals surface area contributed by atoms with Crippen molar-refractivity contribution in [2.45, 2.75) is 0 Å². The lowest BCUT2D eigenvalue weighted by Gasteiger charge is -2.08. The van der Waals surface area contributed by atoms with Crippen LogP contribution >= 0.6 is 22.9 Å². The summed E-state index contributed by atoms with van der Waals surface area (Å²) >= 11 is 7.44. The summed E-state index contributed by atoms with van der Waals surface area (Å²) in [6, 6.07) is 8.39. The van der Waals surface area contributed by atoms with Crippen LogP contribution in [0, 0.1) is 10.1 Å². The molecule has 3 aromatic rings. The van der Waals surface area contributed by atoms with Gasteiger partial charge in [-0.15, -0.1) is 11.3 Å². The van der Waals surface area contributed by atoms with Crippen LogP contribution in [0.2, 0.25) is 5.02 Å². The van der Waals surface area contributed by atoms with Gasteiger partial charge >= 0.3 is 0 Å². The van der Waals surface area contributed by atoms with E-state index in [2.05, 4.69) is 4.98 Å². The number of fused-ring (bicyclic) bond motifs is 1. The summed E-state index contributed by atoms with van der Waals surface area (Å²) in [5.41, 5.74) is 1.12. The molecule has 0 aliphatic carbocycles. The quantitative estimate of drug-likeness (QED) is 0.460. The third-order valence-electron chi connectivity index (χ3n) is 3.50. The molecule has 0 saturated carbocycles. The predicted octanol–water partition coefficient (Wildman–Crippen LogP) is 5.05. The van der Waals surface area contributed by atoms with Gasteiger partial charge in [0.05, 0.1) is 41.0 Å². The van der Waals surface area contributed by atoms with Crippen molar-refractivity contribution in [3.8, 4) is 11.5 Å². The summed E-state index contributed by atoms with van der Waals surface area (Å²) in [5, 5.41) is 12.7. The van der Waals surface area contributed by atoms with Crippen molar-refractivity contribution in [1.82, 2.24) is 4.98 Å². The molecule has 0 atom stereocenters. The van der Waals surface area contributed by atoms with E-state index in [1.165, 1.54) is 31.6 Å². The van der Waals surface area contributed by atoms with Crippen molar-refractivity contribution in [1.29, 1.82) is 0 Å². The van der Waals surface area contributed by atoms with Gasteiger partial charge in [-0.1, -0.05) is 11.6 Å². The Morgan fingerprint density at radius 1 is 1.16 bits per heavy atom. The number of halogens is 1. The number of aromatic nitrogens is 1. The molecule has 0 N–H and O–H groups in total. The first-order valence-electron chi connectivity index (χ1n) is 7.16. The fraction of sp³-hybridized carbons (Fsp3) is 0.118. The van der Waals surface area contributed by atoms with Gasteiger partial charge in [-0.2, -0.15) is 0 Å². The zero-order valence-corrected chi connectivity index (χ0v) is 14.9. The molecule has 0 radical (unpaired) electrons. The Hall–Kier alpha value is -2.64. The Kier molecular flexibility index (Phi) is 4.87. The van der Waals surface area contributed by atoms with Crippen LogP contribution in [0.1, 0.15) is 10.6 Å². The number of rotatable bonds is 5. The van der Waals surface area contributed by atoms with E-state index in [-0.39, 0.29) is 5.69 Å². The molecule has 1 heterocycles. The van der Waals surface area contributed by atoms with E-state index < -0.39 is 4.92 Å². The molecule has 0 amide bonds. The highest BCUT2D eigenvalue weighted by Crippen LogP contribution is 2.35. The molecule has 2 aromatic carbocycles. The van der Waals surface area contributed by atoms with E-state index in [1.54, 1.807) is 30.4 Å². The molecular formula is C17H13ClN2O4S. The number of hydrogen-bond acceptors (Lipinski definition) is 6. The fourth-order valence-electron chi connectivity index (χ4n) is 2.33. The van der Waals surface area contributed by atoms with Gasteiger partial charge in [-0.05, 0) is 36.4 Å². The Balaban J connectivity index is 2.02. The largest absolute Gasteiger partial charge is 0.493 e. The van der Waals surface area contributed by atoms with Crippen molar-refractivity contribution in [3.05, 3.63) is 56.0 Å². The van der Waals surface area contributed by atoms with Gasteiger partial charge in [0, 0.05) is 5.02 Å². The molecule has 0 saturated heterocycles. The van der Waals surface area contributed by atoms with Crippen molar-refractivity contribution in [3.63, 3.8) is 0 Å². The molecule has 25 heavy (non-hydrogen) atoms. The molecule has 128 valence electrons. The predicted molar refractivity (Wildman–Crippen MR) is 99.8 cm³/mol. The van der Waals surface area contributed by atoms with Crippen LogP contribution in [0.4, 0.5) is 5.69 Å². The topological polar surface area (TPSA) is 74.5 Å². The minimum Gasteiger partial charge on any atom is -0.493 e. The lowest BCUT2D eigenvalue weighted by atomic mass is 10.1. The summed E-state index contributed by atoms with van der Waals surface area (Å²) in [5.74, 6) is 0.727. The Morgan fingerprint density at radius 3 is 2.56 bits per heavy atom. The second kappa shape index (κ2) is 7.08. The van der Waals surface area contributed by atoms with Gasteiger partial charge in [0.15, 0.2) is 11.5 Å². The molecule has 6 nitrogen and oxygen atoms in total. The van der Waals surface area contributed by atoms with Gasteiger partial charge in [0.25, 0.3) is 5.69 Å². The van der Waals surface area contributed by atoms with Gasteiger partial charge in [0.2, 0.25) is 0 Å². The Morgan fingerprint density at radius 2 is 1.88 bits per heavy atom. The lowest BCUT2D eigenvalue weighted by molar-refractivity contribution is -0.385. The van der Waals surface area contributed by atoms with E-state index in [9.17, 15) is 10.1 Å². The molecule has 0 bridgehead atoms. The molecule has 0 aliphatic heterocycles. The highest BCUT2D eigenvalue weighted by Gasteiger charge is 2.17. The maximum absolute atomic E-state index is 11.3. The number of nitro benzene ring substituents is 1. The summed E-state index contributed by atoms with van der Waals surface area (Å²) in [7, 11) is 2.91. The zero-order chi connectivity index (χ0) is 18.0. The molecule has 0 fully saturated rings. The summed E-state index contributed by atoms with van der Waals surface area (Å²) in [6.45, 7) is 0. The van der Waals surface area contributed by atoms with Crippen molar-refractivity contribution in [2.24, 2.45) is 0 Å². The second-order valence-electron chi connectivity index (χ2n) is 5.02. The van der Waals surface area contributed by atoms with Crippen LogP contribution in [-0.2, 0) is 0 Å². The minimum absolute atomic E-state index is 0.0712. The first-order chi connectivity index (χ1) is 12.0. The van der Waals surface area contributed by atoms with E-state index in [1.807, 2.05) is 6.07 Å². The van der Waals surface area contributed by atoms with Crippen molar-refractivity contribution < 1.29 is 14.4 Å². The molecule has 0 aliphatic rings. The van der Waals surface area contributed by atoms with Crippen molar-refractivity contribution in [2.75, 3.05) is 14.2 Å². The SMILES string of the molecule is COc1cc(/C=C/c2nc3cc(Cl)ccc3s2)c([N+](=O)[O-])cc1OC. The van der Waals surface area contributed by atoms with E-state index >= 15 is 0 Å². The number of ether oxygens (including phenoxy) is 2. The van der Waals surface area contributed by atoms with E-state index in [0.717, 1.165) is 15.2 Å². The van der Waals surface area contributed by atoms with Crippen LogP contribution in [0.25, 0.3) is 22.4 Å². The maximum Gasteiger partial charge on any atom is 0.280 e. The highest BCUT2D eigenvalue weighted by atomic mass is 35.5. The zero-order valence-electron chi connectivity index (χ0n) is 13.4. The van der Waals surface area contributed by atoms with Crippen LogP contribution in [0.15, 0.2) is 30.3 Å². The van der Waals surface area contributed by atoms with Crippen LogP contribution in [0.3, 0.4) is 0 Å². The molecular weight excluding hydrogens is 364 g/mol. The normalized spacial score (nSPS) is 11.2. The van der Waals surface area contributed by atoms with Crippen LogP contribution in [-0.4, -0.2) is 24.1 Å². The average Bonchev–Trinajstić information content (AvgIpc) is 3.00. The summed E-state index contributed by atoms with van der Waals surface area (Å²) < 4.78 is 11.3. The second-order valence-corrected chi connectivity index (χ2v) is 6.52.